The fraction of sp³-hybridized carbons (Fsp3) is 0.258. The number of amides is 1. The van der Waals surface area contributed by atoms with Gasteiger partial charge in [-0.1, -0.05) is 57.2 Å². The van der Waals surface area contributed by atoms with Crippen molar-refractivity contribution in [3.05, 3.63) is 111 Å². The van der Waals surface area contributed by atoms with Gasteiger partial charge in [-0.3, -0.25) is 9.59 Å². The smallest absolute Gasteiger partial charge is 0.305 e. The first-order chi connectivity index (χ1) is 18.1. The minimum atomic E-state index is -0.952. The van der Waals surface area contributed by atoms with Crippen molar-refractivity contribution in [2.24, 2.45) is 0 Å². The summed E-state index contributed by atoms with van der Waals surface area (Å²) in [6.07, 6.45) is 0.569. The number of nitrogens with one attached hydrogen (secondary N) is 1. The lowest BCUT2D eigenvalue weighted by Crippen LogP contribution is -2.25. The van der Waals surface area contributed by atoms with Crippen LogP contribution in [0.4, 0.5) is 4.39 Å². The first-order valence-corrected chi connectivity index (χ1v) is 13.4. The number of carboxylic acid groups (broad SMARTS) is 1. The molecule has 0 aliphatic heterocycles. The number of hydrogen-bond donors (Lipinski definition) is 2. The van der Waals surface area contributed by atoms with Gasteiger partial charge in [0.1, 0.15) is 10.8 Å². The minimum Gasteiger partial charge on any atom is -0.481 e. The van der Waals surface area contributed by atoms with Crippen LogP contribution in [0.5, 0.6) is 0 Å². The van der Waals surface area contributed by atoms with Gasteiger partial charge in [0, 0.05) is 29.0 Å². The molecule has 2 N–H and O–H groups in total. The van der Waals surface area contributed by atoms with Gasteiger partial charge >= 0.3 is 5.97 Å². The lowest BCUT2D eigenvalue weighted by Gasteiger charge is -2.21. The summed E-state index contributed by atoms with van der Waals surface area (Å²) in [4.78, 5) is 28.0. The largest absolute Gasteiger partial charge is 0.481 e. The quantitative estimate of drug-likeness (QED) is 0.249. The zero-order valence-corrected chi connectivity index (χ0v) is 22.5. The van der Waals surface area contributed by atoms with Gasteiger partial charge in [0.25, 0.3) is 5.91 Å². The first-order valence-electron chi connectivity index (χ1n) is 12.5. The van der Waals surface area contributed by atoms with Gasteiger partial charge in [-0.15, -0.1) is 11.3 Å². The molecule has 38 heavy (non-hydrogen) atoms. The van der Waals surface area contributed by atoms with Crippen LogP contribution >= 0.6 is 11.3 Å². The van der Waals surface area contributed by atoms with E-state index >= 15 is 0 Å². The summed E-state index contributed by atoms with van der Waals surface area (Å²) in [7, 11) is 0. The molecule has 1 heterocycles. The molecule has 1 unspecified atom stereocenters. The summed E-state index contributed by atoms with van der Waals surface area (Å²) in [5.41, 5.74) is 5.67. The summed E-state index contributed by atoms with van der Waals surface area (Å²) in [6, 6.07) is 22.4. The van der Waals surface area contributed by atoms with Crippen molar-refractivity contribution < 1.29 is 19.1 Å². The normalized spacial score (nSPS) is 12.2. The number of benzene rings is 3. The van der Waals surface area contributed by atoms with E-state index in [1.165, 1.54) is 17.7 Å². The van der Waals surface area contributed by atoms with Crippen LogP contribution in [0.3, 0.4) is 0 Å². The number of thiazole rings is 1. The minimum absolute atomic E-state index is 0.00143. The van der Waals surface area contributed by atoms with Crippen molar-refractivity contribution in [2.45, 2.75) is 44.9 Å². The van der Waals surface area contributed by atoms with Crippen LogP contribution in [0, 0.1) is 5.82 Å². The molecule has 1 atom stereocenters. The van der Waals surface area contributed by atoms with Gasteiger partial charge in [-0.25, -0.2) is 9.37 Å². The second kappa shape index (κ2) is 11.7. The van der Waals surface area contributed by atoms with E-state index in [-0.39, 0.29) is 36.0 Å². The highest BCUT2D eigenvalue weighted by Crippen LogP contribution is 2.34. The molecule has 0 aliphatic carbocycles. The van der Waals surface area contributed by atoms with Crippen LogP contribution in [0.25, 0.3) is 11.3 Å². The molecule has 0 spiro atoms. The third-order valence-corrected chi connectivity index (χ3v) is 7.38. The maximum absolute atomic E-state index is 13.4. The van der Waals surface area contributed by atoms with Crippen LogP contribution in [-0.2, 0) is 16.6 Å². The maximum Gasteiger partial charge on any atom is 0.305 e. The predicted octanol–water partition coefficient (Wildman–Crippen LogP) is 6.83. The highest BCUT2D eigenvalue weighted by molar-refractivity contribution is 7.10. The van der Waals surface area contributed by atoms with Crippen molar-refractivity contribution in [2.75, 3.05) is 6.54 Å². The van der Waals surface area contributed by atoms with Crippen LogP contribution in [0.2, 0.25) is 0 Å². The Bertz CT molecular complexity index is 1390. The molecule has 5 nitrogen and oxygen atoms in total. The molecular formula is C31H31FN2O3S. The fourth-order valence-electron chi connectivity index (χ4n) is 4.18. The van der Waals surface area contributed by atoms with E-state index in [2.05, 4.69) is 50.4 Å². The van der Waals surface area contributed by atoms with Crippen LogP contribution in [0.15, 0.2) is 78.2 Å². The zero-order chi connectivity index (χ0) is 27.3. The number of carboxylic acids is 1. The Hall–Kier alpha value is -3.84. The topological polar surface area (TPSA) is 79.3 Å². The van der Waals surface area contributed by atoms with Crippen LogP contribution in [-0.4, -0.2) is 28.5 Å². The summed E-state index contributed by atoms with van der Waals surface area (Å²) >= 11 is 1.58. The average molecular weight is 531 g/mol. The molecule has 7 heteroatoms. The summed E-state index contributed by atoms with van der Waals surface area (Å²) in [6.45, 7) is 6.65. The third kappa shape index (κ3) is 6.92. The number of hydrogen-bond acceptors (Lipinski definition) is 4. The monoisotopic (exact) mass is 530 g/mol. The number of aliphatic carboxylic acids is 1. The Morgan fingerprint density at radius 3 is 2.24 bits per heavy atom. The summed E-state index contributed by atoms with van der Waals surface area (Å²) < 4.78 is 13.4. The van der Waals surface area contributed by atoms with E-state index in [1.54, 1.807) is 35.6 Å². The van der Waals surface area contributed by atoms with Crippen molar-refractivity contribution in [1.82, 2.24) is 10.3 Å². The molecule has 3 aromatic carbocycles. The molecule has 0 radical (unpaired) electrons. The molecule has 0 aliphatic rings. The van der Waals surface area contributed by atoms with Gasteiger partial charge in [0.2, 0.25) is 0 Å². The van der Waals surface area contributed by atoms with Gasteiger partial charge in [0.15, 0.2) is 0 Å². The average Bonchev–Trinajstić information content (AvgIpc) is 3.37. The predicted molar refractivity (Wildman–Crippen MR) is 149 cm³/mol. The van der Waals surface area contributed by atoms with E-state index < -0.39 is 5.97 Å². The molecule has 1 aromatic heterocycles. The molecule has 4 rings (SSSR count). The lowest BCUT2D eigenvalue weighted by atomic mass is 9.84. The summed E-state index contributed by atoms with van der Waals surface area (Å²) in [5, 5.41) is 14.4. The van der Waals surface area contributed by atoms with E-state index in [4.69, 9.17) is 10.1 Å². The zero-order valence-electron chi connectivity index (χ0n) is 21.7. The number of carbonyl (C=O) groups excluding carboxylic acids is 1. The van der Waals surface area contributed by atoms with Crippen molar-refractivity contribution in [1.29, 1.82) is 0 Å². The standard InChI is InChI=1S/C31H31FN2O3S/c1-31(2,3)24-12-8-21(9-13-24)26(30-34-27(19-38-30)22-10-14-25(32)15-11-22)18-20-4-6-23(7-5-20)29(37)33-17-16-28(35)36/h4-15,19,26H,16-18H2,1-3H3,(H,33,37)(H,35,36). The van der Waals surface area contributed by atoms with Crippen molar-refractivity contribution >= 4 is 23.2 Å². The van der Waals surface area contributed by atoms with Crippen LogP contribution in [0.1, 0.15) is 65.2 Å². The van der Waals surface area contributed by atoms with E-state index in [0.717, 1.165) is 27.4 Å². The van der Waals surface area contributed by atoms with Gasteiger partial charge < -0.3 is 10.4 Å². The molecule has 0 saturated heterocycles. The lowest BCUT2D eigenvalue weighted by molar-refractivity contribution is -0.136. The SMILES string of the molecule is CC(C)(C)c1ccc(C(Cc2ccc(C(=O)NCCC(=O)O)cc2)c2nc(-c3ccc(F)cc3)cs2)cc1. The fourth-order valence-corrected chi connectivity index (χ4v) is 5.13. The number of nitrogens with zero attached hydrogens (tertiary/aromatic N) is 1. The number of rotatable bonds is 9. The Balaban J connectivity index is 1.59. The van der Waals surface area contributed by atoms with E-state index in [1.807, 2.05) is 17.5 Å². The Morgan fingerprint density at radius 2 is 1.63 bits per heavy atom. The molecule has 196 valence electrons. The van der Waals surface area contributed by atoms with Gasteiger partial charge in [0.05, 0.1) is 12.1 Å². The number of aromatic nitrogens is 1. The first kappa shape index (κ1) is 27.2. The highest BCUT2D eigenvalue weighted by Gasteiger charge is 2.21. The maximum atomic E-state index is 13.4. The van der Waals surface area contributed by atoms with Gasteiger partial charge in [-0.2, -0.15) is 0 Å². The number of carbonyl (C=O) groups is 2. The Kier molecular flexibility index (Phi) is 8.37. The van der Waals surface area contributed by atoms with E-state index in [0.29, 0.717) is 12.0 Å². The van der Waals surface area contributed by atoms with Crippen molar-refractivity contribution in [3.8, 4) is 11.3 Å². The molecule has 4 aromatic rings. The second-order valence-corrected chi connectivity index (χ2v) is 11.2. The highest BCUT2D eigenvalue weighted by atomic mass is 32.1. The molecule has 0 bridgehead atoms. The van der Waals surface area contributed by atoms with Crippen molar-refractivity contribution in [3.63, 3.8) is 0 Å². The summed E-state index contributed by atoms with van der Waals surface area (Å²) in [5.74, 6) is -1.53. The second-order valence-electron chi connectivity index (χ2n) is 10.3. The van der Waals surface area contributed by atoms with E-state index in [9.17, 15) is 14.0 Å². The molecule has 0 fully saturated rings. The Labute approximate surface area is 226 Å². The molecular weight excluding hydrogens is 499 g/mol. The number of halogens is 1. The molecule has 0 saturated carbocycles. The van der Waals surface area contributed by atoms with Gasteiger partial charge in [-0.05, 0) is 64.9 Å². The molecule has 1 amide bonds. The third-order valence-electron chi connectivity index (χ3n) is 6.42. The van der Waals surface area contributed by atoms with Crippen LogP contribution < -0.4 is 5.32 Å². The Morgan fingerprint density at radius 1 is 0.974 bits per heavy atom.